The van der Waals surface area contributed by atoms with E-state index in [2.05, 4.69) is 39.2 Å². The third-order valence-corrected chi connectivity index (χ3v) is 9.76. The Balaban J connectivity index is 3.15. The maximum absolute atomic E-state index is 6.06. The predicted octanol–water partition coefficient (Wildman–Crippen LogP) is 2.34. The summed E-state index contributed by atoms with van der Waals surface area (Å²) in [6.07, 6.45) is 0. The van der Waals surface area contributed by atoms with Crippen LogP contribution in [-0.4, -0.2) is 121 Å². The van der Waals surface area contributed by atoms with Gasteiger partial charge in [0.25, 0.3) is 0 Å². The first kappa shape index (κ1) is 32.9. The highest BCUT2D eigenvalue weighted by atomic mass is 28.4. The molecule has 0 aromatic rings. The van der Waals surface area contributed by atoms with Gasteiger partial charge in [-0.1, -0.05) is 20.8 Å². The number of hydrogen-bond acceptors (Lipinski definition) is 9. The molecule has 0 spiro atoms. The average Bonchev–Trinajstić information content (AvgIpc) is 2.76. The fraction of sp³-hybridized carbons (Fsp3) is 1.00. The molecule has 0 radical (unpaired) electrons. The Bertz CT molecular complexity index is 410. The summed E-state index contributed by atoms with van der Waals surface area (Å²) < 4.78 is 44.2. The number of hydrogen-bond donors (Lipinski definition) is 1. The van der Waals surface area contributed by atoms with E-state index in [0.29, 0.717) is 99.1 Å². The maximum Gasteiger partial charge on any atom is 0.192 e. The molecule has 0 rings (SSSR count). The van der Waals surface area contributed by atoms with Crippen molar-refractivity contribution >= 4 is 8.32 Å². The van der Waals surface area contributed by atoms with Gasteiger partial charge in [-0.25, -0.2) is 0 Å². The molecule has 0 saturated heterocycles. The molecule has 0 aliphatic rings. The second-order valence-corrected chi connectivity index (χ2v) is 13.8. The molecule has 200 valence electrons. The highest BCUT2D eigenvalue weighted by Crippen LogP contribution is 2.36. The number of rotatable bonds is 25. The highest BCUT2D eigenvalue weighted by molar-refractivity contribution is 6.74. The van der Waals surface area contributed by atoms with Crippen molar-refractivity contribution < 1.29 is 37.6 Å². The lowest BCUT2D eigenvalue weighted by Gasteiger charge is -2.36. The Morgan fingerprint density at radius 3 is 1.03 bits per heavy atom. The van der Waals surface area contributed by atoms with Crippen LogP contribution in [-0.2, 0) is 37.6 Å². The van der Waals surface area contributed by atoms with Gasteiger partial charge in [-0.2, -0.15) is 0 Å². The molecule has 0 heterocycles. The lowest BCUT2D eigenvalue weighted by molar-refractivity contribution is -0.0212. The van der Waals surface area contributed by atoms with Gasteiger partial charge >= 0.3 is 0 Å². The summed E-state index contributed by atoms with van der Waals surface area (Å²) in [7, 11) is 0.221. The van der Waals surface area contributed by atoms with E-state index in [-0.39, 0.29) is 5.04 Å². The first-order chi connectivity index (χ1) is 15.8. The molecule has 9 nitrogen and oxygen atoms in total. The molecule has 0 aliphatic heterocycles. The van der Waals surface area contributed by atoms with Crippen LogP contribution in [0.25, 0.3) is 0 Å². The van der Waals surface area contributed by atoms with Crippen molar-refractivity contribution in [2.24, 2.45) is 0 Å². The molecule has 0 fully saturated rings. The van der Waals surface area contributed by atoms with Crippen molar-refractivity contribution in [1.29, 1.82) is 0 Å². The highest BCUT2D eigenvalue weighted by Gasteiger charge is 2.36. The van der Waals surface area contributed by atoms with Gasteiger partial charge in [0.15, 0.2) is 8.32 Å². The van der Waals surface area contributed by atoms with Crippen LogP contribution in [0, 0.1) is 0 Å². The zero-order valence-corrected chi connectivity index (χ0v) is 23.1. The minimum absolute atomic E-state index is 0.228. The molecule has 0 amide bonds. The van der Waals surface area contributed by atoms with Crippen molar-refractivity contribution in [3.05, 3.63) is 0 Å². The SMILES string of the molecule is CNCCOCCOCCOCCOCCOCCOCCOCCO[Si](C)(C)C(C)(C)C. The van der Waals surface area contributed by atoms with Crippen molar-refractivity contribution in [3.8, 4) is 0 Å². The minimum Gasteiger partial charge on any atom is -0.414 e. The van der Waals surface area contributed by atoms with Crippen LogP contribution in [0.5, 0.6) is 0 Å². The van der Waals surface area contributed by atoms with E-state index in [9.17, 15) is 0 Å². The maximum atomic E-state index is 6.06. The second kappa shape index (κ2) is 22.3. The molecule has 0 aromatic heterocycles. The van der Waals surface area contributed by atoms with Crippen LogP contribution in [0.2, 0.25) is 18.1 Å². The van der Waals surface area contributed by atoms with E-state index in [1.807, 2.05) is 7.05 Å². The minimum atomic E-state index is -1.68. The molecule has 0 aromatic carbocycles. The smallest absolute Gasteiger partial charge is 0.192 e. The molecule has 10 heteroatoms. The Labute approximate surface area is 203 Å². The van der Waals surface area contributed by atoms with Crippen LogP contribution in [0.1, 0.15) is 20.8 Å². The molecular formula is C23H51NO8Si. The first-order valence-electron chi connectivity index (χ1n) is 12.1. The molecule has 0 atom stereocenters. The van der Waals surface area contributed by atoms with Gasteiger partial charge in [0.1, 0.15) is 0 Å². The van der Waals surface area contributed by atoms with Crippen LogP contribution >= 0.6 is 0 Å². The van der Waals surface area contributed by atoms with Gasteiger partial charge < -0.3 is 42.9 Å². The average molecular weight is 498 g/mol. The summed E-state index contributed by atoms with van der Waals surface area (Å²) in [6, 6.07) is 0. The molecule has 0 unspecified atom stereocenters. The predicted molar refractivity (Wildman–Crippen MR) is 133 cm³/mol. The zero-order chi connectivity index (χ0) is 24.7. The quantitative estimate of drug-likeness (QED) is 0.151. The zero-order valence-electron chi connectivity index (χ0n) is 22.1. The summed E-state index contributed by atoms with van der Waals surface area (Å²) in [5.74, 6) is 0. The molecule has 0 saturated carbocycles. The fourth-order valence-corrected chi connectivity index (χ4v) is 3.19. The van der Waals surface area contributed by atoms with Crippen LogP contribution in [0.4, 0.5) is 0 Å². The summed E-state index contributed by atoms with van der Waals surface area (Å²) in [5, 5.41) is 3.25. The van der Waals surface area contributed by atoms with E-state index in [1.165, 1.54) is 0 Å². The fourth-order valence-electron chi connectivity index (χ4n) is 2.17. The van der Waals surface area contributed by atoms with Crippen LogP contribution in [0.3, 0.4) is 0 Å². The van der Waals surface area contributed by atoms with Crippen LogP contribution < -0.4 is 5.32 Å². The van der Waals surface area contributed by atoms with Crippen molar-refractivity contribution in [1.82, 2.24) is 5.32 Å². The Morgan fingerprint density at radius 1 is 0.485 bits per heavy atom. The topological polar surface area (TPSA) is 85.9 Å². The van der Waals surface area contributed by atoms with Gasteiger partial charge in [0.2, 0.25) is 0 Å². The van der Waals surface area contributed by atoms with E-state index in [1.54, 1.807) is 0 Å². The van der Waals surface area contributed by atoms with E-state index in [4.69, 9.17) is 37.6 Å². The monoisotopic (exact) mass is 497 g/mol. The largest absolute Gasteiger partial charge is 0.414 e. The van der Waals surface area contributed by atoms with Gasteiger partial charge in [-0.3, -0.25) is 0 Å². The summed E-state index contributed by atoms with van der Waals surface area (Å²) in [4.78, 5) is 0. The van der Waals surface area contributed by atoms with E-state index in [0.717, 1.165) is 6.54 Å². The summed E-state index contributed by atoms with van der Waals surface area (Å²) >= 11 is 0. The van der Waals surface area contributed by atoms with Gasteiger partial charge in [0, 0.05) is 6.54 Å². The van der Waals surface area contributed by atoms with Gasteiger partial charge in [-0.15, -0.1) is 0 Å². The third kappa shape index (κ3) is 22.1. The Kier molecular flexibility index (Phi) is 22.2. The molecule has 0 aliphatic carbocycles. The van der Waals surface area contributed by atoms with Gasteiger partial charge in [0.05, 0.1) is 99.1 Å². The molecule has 0 bridgehead atoms. The Morgan fingerprint density at radius 2 is 0.758 bits per heavy atom. The van der Waals surface area contributed by atoms with Crippen LogP contribution in [0.15, 0.2) is 0 Å². The van der Waals surface area contributed by atoms with E-state index < -0.39 is 8.32 Å². The third-order valence-electron chi connectivity index (χ3n) is 5.23. The standard InChI is InChI=1S/C23H51NO8Si/c1-23(2,3)33(5,6)32-22-21-31-20-19-30-18-17-29-16-15-28-14-13-27-12-11-26-10-9-25-8-7-24-4/h24H,7-22H2,1-6H3. The first-order valence-corrected chi connectivity index (χ1v) is 15.0. The van der Waals surface area contributed by atoms with Gasteiger partial charge in [-0.05, 0) is 25.2 Å². The molecular weight excluding hydrogens is 446 g/mol. The summed E-state index contributed by atoms with van der Waals surface area (Å²) in [6.45, 7) is 20.7. The van der Waals surface area contributed by atoms with Crippen molar-refractivity contribution in [2.45, 2.75) is 38.9 Å². The number of nitrogens with one attached hydrogen (secondary N) is 1. The van der Waals surface area contributed by atoms with Crippen molar-refractivity contribution in [2.75, 3.05) is 113 Å². The van der Waals surface area contributed by atoms with Crippen molar-refractivity contribution in [3.63, 3.8) is 0 Å². The van der Waals surface area contributed by atoms with E-state index >= 15 is 0 Å². The molecule has 33 heavy (non-hydrogen) atoms. The number of likely N-dealkylation sites (N-methyl/N-ethyl adjacent to an activating group) is 1. The second-order valence-electron chi connectivity index (χ2n) is 9.00. The molecule has 1 N–H and O–H groups in total. The normalized spacial score (nSPS) is 12.5. The lowest BCUT2D eigenvalue weighted by Crippen LogP contribution is -2.41. The summed E-state index contributed by atoms with van der Waals surface area (Å²) in [5.41, 5.74) is 0. The lowest BCUT2D eigenvalue weighted by atomic mass is 10.2. The number of ether oxygens (including phenoxy) is 7. The Hall–Kier alpha value is -0.143.